The molecule has 1 aliphatic rings. The zero-order valence-electron chi connectivity index (χ0n) is 14.4. The standard InChI is InChI=1S/C17H20N6O2/c1-11-8-12(2)23-17(19-11)13(9-18-23)16-20-14(25-21-16)10-22-7-5-3-4-6-15(22)24/h8-9H,3-7,10H2,1-2H3. The molecular weight excluding hydrogens is 320 g/mol. The highest BCUT2D eigenvalue weighted by atomic mass is 16.5. The average molecular weight is 340 g/mol. The fourth-order valence-corrected chi connectivity index (χ4v) is 3.23. The first-order chi connectivity index (χ1) is 12.1. The van der Waals surface area contributed by atoms with Crippen LogP contribution < -0.4 is 0 Å². The first-order valence-corrected chi connectivity index (χ1v) is 8.54. The second kappa shape index (κ2) is 6.27. The summed E-state index contributed by atoms with van der Waals surface area (Å²) in [5, 5.41) is 8.42. The Morgan fingerprint density at radius 2 is 2.08 bits per heavy atom. The molecule has 0 spiro atoms. The van der Waals surface area contributed by atoms with Crippen LogP contribution in [-0.4, -0.2) is 42.1 Å². The summed E-state index contributed by atoms with van der Waals surface area (Å²) < 4.78 is 7.13. The first-order valence-electron chi connectivity index (χ1n) is 8.54. The third kappa shape index (κ3) is 2.99. The predicted octanol–water partition coefficient (Wildman–Crippen LogP) is 2.30. The maximum absolute atomic E-state index is 12.1. The van der Waals surface area contributed by atoms with Crippen molar-refractivity contribution in [3.05, 3.63) is 29.5 Å². The van der Waals surface area contributed by atoms with Crippen molar-refractivity contribution in [2.45, 2.75) is 46.1 Å². The summed E-state index contributed by atoms with van der Waals surface area (Å²) in [4.78, 5) is 22.9. The number of hydrogen-bond acceptors (Lipinski definition) is 6. The van der Waals surface area contributed by atoms with Gasteiger partial charge in [-0.05, 0) is 32.8 Å². The topological polar surface area (TPSA) is 89.4 Å². The summed E-state index contributed by atoms with van der Waals surface area (Å²) in [7, 11) is 0. The number of fused-ring (bicyclic) bond motifs is 1. The van der Waals surface area contributed by atoms with Gasteiger partial charge < -0.3 is 9.42 Å². The third-order valence-corrected chi connectivity index (χ3v) is 4.48. The maximum atomic E-state index is 12.1. The van der Waals surface area contributed by atoms with Crippen LogP contribution in [0.1, 0.15) is 43.0 Å². The van der Waals surface area contributed by atoms with Crippen molar-refractivity contribution in [3.8, 4) is 11.4 Å². The second-order valence-corrected chi connectivity index (χ2v) is 6.47. The zero-order valence-corrected chi connectivity index (χ0v) is 14.4. The minimum absolute atomic E-state index is 0.154. The Hall–Kier alpha value is -2.77. The van der Waals surface area contributed by atoms with Crippen LogP contribution in [0.2, 0.25) is 0 Å². The molecule has 25 heavy (non-hydrogen) atoms. The van der Waals surface area contributed by atoms with E-state index in [9.17, 15) is 4.79 Å². The van der Waals surface area contributed by atoms with E-state index in [1.54, 1.807) is 15.6 Å². The van der Waals surface area contributed by atoms with E-state index >= 15 is 0 Å². The molecule has 1 saturated heterocycles. The molecular formula is C17H20N6O2. The van der Waals surface area contributed by atoms with Gasteiger partial charge >= 0.3 is 0 Å². The van der Waals surface area contributed by atoms with Gasteiger partial charge in [-0.3, -0.25) is 4.79 Å². The smallest absolute Gasteiger partial charge is 0.246 e. The molecule has 3 aromatic rings. The Balaban J connectivity index is 1.62. The van der Waals surface area contributed by atoms with Gasteiger partial charge in [-0.25, -0.2) is 9.50 Å². The molecule has 0 unspecified atom stereocenters. The Morgan fingerprint density at radius 3 is 2.96 bits per heavy atom. The van der Waals surface area contributed by atoms with Gasteiger partial charge in [-0.15, -0.1) is 0 Å². The van der Waals surface area contributed by atoms with Crippen LogP contribution in [0.15, 0.2) is 16.8 Å². The van der Waals surface area contributed by atoms with Crippen LogP contribution in [0.4, 0.5) is 0 Å². The number of carbonyl (C=O) groups is 1. The van der Waals surface area contributed by atoms with Crippen LogP contribution in [0.3, 0.4) is 0 Å². The van der Waals surface area contributed by atoms with Gasteiger partial charge in [0.1, 0.15) is 0 Å². The lowest BCUT2D eigenvalue weighted by Crippen LogP contribution is -2.29. The highest BCUT2D eigenvalue weighted by Gasteiger charge is 2.21. The summed E-state index contributed by atoms with van der Waals surface area (Å²) in [6.07, 6.45) is 5.35. The molecule has 0 aliphatic carbocycles. The van der Waals surface area contributed by atoms with Gasteiger partial charge in [0.05, 0.1) is 18.3 Å². The zero-order chi connectivity index (χ0) is 17.4. The molecule has 130 valence electrons. The third-order valence-electron chi connectivity index (χ3n) is 4.48. The van der Waals surface area contributed by atoms with Crippen molar-refractivity contribution in [1.82, 2.24) is 29.6 Å². The Labute approximate surface area is 144 Å². The van der Waals surface area contributed by atoms with Gasteiger partial charge in [0.25, 0.3) is 0 Å². The number of hydrogen-bond donors (Lipinski definition) is 0. The number of aryl methyl sites for hydroxylation is 2. The van der Waals surface area contributed by atoms with E-state index < -0.39 is 0 Å². The van der Waals surface area contributed by atoms with E-state index in [0.717, 1.165) is 42.8 Å². The second-order valence-electron chi connectivity index (χ2n) is 6.47. The van der Waals surface area contributed by atoms with E-state index in [0.29, 0.717) is 30.3 Å². The Morgan fingerprint density at radius 1 is 1.20 bits per heavy atom. The summed E-state index contributed by atoms with van der Waals surface area (Å²) in [5.74, 6) is 1.04. The van der Waals surface area contributed by atoms with Crippen molar-refractivity contribution in [3.63, 3.8) is 0 Å². The van der Waals surface area contributed by atoms with Crippen LogP contribution in [0.5, 0.6) is 0 Å². The molecule has 0 radical (unpaired) electrons. The van der Waals surface area contributed by atoms with Crippen LogP contribution in [0.25, 0.3) is 17.0 Å². The average Bonchev–Trinajstić information content (AvgIpc) is 3.14. The molecule has 8 nitrogen and oxygen atoms in total. The van der Waals surface area contributed by atoms with Crippen LogP contribution >= 0.6 is 0 Å². The summed E-state index contributed by atoms with van der Waals surface area (Å²) >= 11 is 0. The molecule has 8 heteroatoms. The van der Waals surface area contributed by atoms with E-state index in [1.165, 1.54) is 0 Å². The number of rotatable bonds is 3. The number of amides is 1. The number of carbonyl (C=O) groups excluding carboxylic acids is 1. The van der Waals surface area contributed by atoms with Crippen molar-refractivity contribution in [1.29, 1.82) is 0 Å². The minimum atomic E-state index is 0.154. The summed E-state index contributed by atoms with van der Waals surface area (Å²) in [6, 6.07) is 1.97. The first kappa shape index (κ1) is 15.7. The highest BCUT2D eigenvalue weighted by molar-refractivity contribution is 5.76. The lowest BCUT2D eigenvalue weighted by Gasteiger charge is -2.17. The molecule has 1 aliphatic heterocycles. The monoisotopic (exact) mass is 340 g/mol. The fourth-order valence-electron chi connectivity index (χ4n) is 3.23. The minimum Gasteiger partial charge on any atom is -0.337 e. The molecule has 0 atom stereocenters. The summed E-state index contributed by atoms with van der Waals surface area (Å²) in [5.41, 5.74) is 3.33. The van der Waals surface area contributed by atoms with Crippen molar-refractivity contribution in [2.24, 2.45) is 0 Å². The Bertz CT molecular complexity index is 929. The van der Waals surface area contributed by atoms with Gasteiger partial charge in [0.2, 0.25) is 17.6 Å². The Kier molecular flexibility index (Phi) is 3.95. The molecule has 0 bridgehead atoms. The van der Waals surface area contributed by atoms with Crippen LogP contribution in [-0.2, 0) is 11.3 Å². The lowest BCUT2D eigenvalue weighted by molar-refractivity contribution is -0.131. The summed E-state index contributed by atoms with van der Waals surface area (Å²) in [6.45, 7) is 5.02. The molecule has 1 amide bonds. The quantitative estimate of drug-likeness (QED) is 0.727. The van der Waals surface area contributed by atoms with Crippen molar-refractivity contribution in [2.75, 3.05) is 6.54 Å². The maximum Gasteiger partial charge on any atom is 0.246 e. The van der Waals surface area contributed by atoms with E-state index in [4.69, 9.17) is 4.52 Å². The largest absolute Gasteiger partial charge is 0.337 e. The predicted molar refractivity (Wildman–Crippen MR) is 89.6 cm³/mol. The van der Waals surface area contributed by atoms with E-state index in [1.807, 2.05) is 19.9 Å². The van der Waals surface area contributed by atoms with Gasteiger partial charge in [0.15, 0.2) is 5.65 Å². The number of likely N-dealkylation sites (tertiary alicyclic amines) is 1. The number of nitrogens with zero attached hydrogens (tertiary/aromatic N) is 6. The normalized spacial score (nSPS) is 15.8. The fraction of sp³-hybridized carbons (Fsp3) is 0.471. The molecule has 0 saturated carbocycles. The van der Waals surface area contributed by atoms with E-state index in [-0.39, 0.29) is 5.91 Å². The van der Waals surface area contributed by atoms with E-state index in [2.05, 4.69) is 20.2 Å². The van der Waals surface area contributed by atoms with Crippen molar-refractivity contribution >= 4 is 11.6 Å². The van der Waals surface area contributed by atoms with Gasteiger partial charge in [-0.1, -0.05) is 11.6 Å². The highest BCUT2D eigenvalue weighted by Crippen LogP contribution is 2.22. The molecule has 3 aromatic heterocycles. The SMILES string of the molecule is Cc1cc(C)n2ncc(-c3noc(CN4CCCCCC4=O)n3)c2n1. The molecule has 0 aromatic carbocycles. The van der Waals surface area contributed by atoms with Crippen molar-refractivity contribution < 1.29 is 9.32 Å². The molecule has 1 fully saturated rings. The molecule has 4 rings (SSSR count). The molecule has 4 heterocycles. The van der Waals surface area contributed by atoms with Gasteiger partial charge in [-0.2, -0.15) is 10.1 Å². The van der Waals surface area contributed by atoms with Gasteiger partial charge in [0, 0.05) is 24.4 Å². The van der Waals surface area contributed by atoms with Crippen LogP contribution in [0, 0.1) is 13.8 Å². The lowest BCUT2D eigenvalue weighted by atomic mass is 10.2. The number of aromatic nitrogens is 5. The molecule has 0 N–H and O–H groups in total.